The molecule has 3 aliphatic rings. The number of ether oxygens (including phenoxy) is 2. The van der Waals surface area contributed by atoms with Crippen LogP contribution in [0.3, 0.4) is 0 Å². The number of carbonyl (C=O) groups is 2. The van der Waals surface area contributed by atoms with Gasteiger partial charge >= 0.3 is 0 Å². The summed E-state index contributed by atoms with van der Waals surface area (Å²) in [5.41, 5.74) is 1.44. The van der Waals surface area contributed by atoms with Gasteiger partial charge in [-0.1, -0.05) is 29.3 Å². The zero-order valence-electron chi connectivity index (χ0n) is 25.5. The molecule has 3 fully saturated rings. The molecule has 0 radical (unpaired) electrons. The molecular formula is C33H44Cl2N4O4. The molecule has 0 N–H and O–H groups in total. The van der Waals surface area contributed by atoms with Gasteiger partial charge in [0.25, 0.3) is 5.91 Å². The molecule has 43 heavy (non-hydrogen) atoms. The van der Waals surface area contributed by atoms with Gasteiger partial charge in [0.2, 0.25) is 5.91 Å². The summed E-state index contributed by atoms with van der Waals surface area (Å²) in [6.45, 7) is 8.41. The molecule has 1 unspecified atom stereocenters. The Labute approximate surface area is 265 Å². The van der Waals surface area contributed by atoms with Crippen LogP contribution in [0.5, 0.6) is 11.5 Å². The van der Waals surface area contributed by atoms with Gasteiger partial charge in [0.05, 0.1) is 36.4 Å². The largest absolute Gasteiger partial charge is 0.497 e. The van der Waals surface area contributed by atoms with E-state index in [0.717, 1.165) is 89.9 Å². The predicted molar refractivity (Wildman–Crippen MR) is 171 cm³/mol. The van der Waals surface area contributed by atoms with Crippen LogP contribution < -0.4 is 9.47 Å². The molecular weight excluding hydrogens is 587 g/mol. The SMILES string of the molecule is COc1ccc(C(=O)N2CCCC(CCCN3CCN(CC(=O)N4CCCC4)CC3)(c3ccc(Cl)c(Cl)c3)C2)c(OC)c1. The highest BCUT2D eigenvalue weighted by atomic mass is 35.5. The molecule has 2 aromatic rings. The third kappa shape index (κ3) is 7.59. The molecule has 2 amide bonds. The summed E-state index contributed by atoms with van der Waals surface area (Å²) >= 11 is 12.8. The number of methoxy groups -OCH3 is 2. The lowest BCUT2D eigenvalue weighted by atomic mass is 9.71. The Bertz CT molecular complexity index is 1280. The fourth-order valence-corrected chi connectivity index (χ4v) is 7.23. The summed E-state index contributed by atoms with van der Waals surface area (Å²) in [7, 11) is 3.18. The summed E-state index contributed by atoms with van der Waals surface area (Å²) in [5.74, 6) is 1.40. The Balaban J connectivity index is 1.24. The molecule has 3 aliphatic heterocycles. The Kier molecular flexibility index (Phi) is 10.8. The third-order valence-corrected chi connectivity index (χ3v) is 10.2. The monoisotopic (exact) mass is 630 g/mol. The molecule has 10 heteroatoms. The van der Waals surface area contributed by atoms with Crippen molar-refractivity contribution in [3.8, 4) is 11.5 Å². The Morgan fingerprint density at radius 2 is 1.53 bits per heavy atom. The van der Waals surface area contributed by atoms with E-state index in [1.54, 1.807) is 32.4 Å². The molecule has 0 spiro atoms. The predicted octanol–water partition coefficient (Wildman–Crippen LogP) is 5.20. The van der Waals surface area contributed by atoms with Crippen molar-refractivity contribution >= 4 is 35.0 Å². The van der Waals surface area contributed by atoms with Gasteiger partial charge in [-0.05, 0) is 74.9 Å². The number of hydrogen-bond donors (Lipinski definition) is 0. The minimum absolute atomic E-state index is 0.0387. The highest BCUT2D eigenvalue weighted by Gasteiger charge is 2.39. The van der Waals surface area contributed by atoms with Crippen LogP contribution in [0.1, 0.15) is 54.4 Å². The van der Waals surface area contributed by atoms with E-state index in [2.05, 4.69) is 15.9 Å². The molecule has 5 rings (SSSR count). The zero-order valence-corrected chi connectivity index (χ0v) is 27.0. The third-order valence-electron chi connectivity index (χ3n) is 9.45. The number of rotatable bonds is 10. The van der Waals surface area contributed by atoms with Crippen molar-refractivity contribution in [2.45, 2.75) is 43.9 Å². The highest BCUT2D eigenvalue weighted by Crippen LogP contribution is 2.41. The van der Waals surface area contributed by atoms with E-state index in [4.69, 9.17) is 32.7 Å². The average molecular weight is 632 g/mol. The van der Waals surface area contributed by atoms with Crippen molar-refractivity contribution in [2.75, 3.05) is 79.7 Å². The van der Waals surface area contributed by atoms with E-state index >= 15 is 0 Å². The van der Waals surface area contributed by atoms with Crippen LogP contribution in [0.2, 0.25) is 10.0 Å². The molecule has 3 heterocycles. The molecule has 2 aromatic carbocycles. The van der Waals surface area contributed by atoms with Crippen molar-refractivity contribution < 1.29 is 19.1 Å². The van der Waals surface area contributed by atoms with Gasteiger partial charge in [0.1, 0.15) is 11.5 Å². The topological polar surface area (TPSA) is 65.6 Å². The van der Waals surface area contributed by atoms with Crippen LogP contribution in [0.15, 0.2) is 36.4 Å². The second kappa shape index (κ2) is 14.5. The first-order valence-electron chi connectivity index (χ1n) is 15.5. The van der Waals surface area contributed by atoms with Gasteiger partial charge in [-0.2, -0.15) is 0 Å². The van der Waals surface area contributed by atoms with Crippen molar-refractivity contribution in [2.24, 2.45) is 0 Å². The van der Waals surface area contributed by atoms with Gasteiger partial charge in [-0.3, -0.25) is 14.5 Å². The van der Waals surface area contributed by atoms with Crippen LogP contribution >= 0.6 is 23.2 Å². The highest BCUT2D eigenvalue weighted by molar-refractivity contribution is 6.42. The van der Waals surface area contributed by atoms with Crippen molar-refractivity contribution in [1.82, 2.24) is 19.6 Å². The van der Waals surface area contributed by atoms with Crippen LogP contribution in [0.4, 0.5) is 0 Å². The normalized spacial score (nSPS) is 21.7. The van der Waals surface area contributed by atoms with Crippen molar-refractivity contribution in [3.05, 3.63) is 57.6 Å². The molecule has 0 aliphatic carbocycles. The molecule has 1 atom stereocenters. The van der Waals surface area contributed by atoms with Crippen LogP contribution in [0, 0.1) is 0 Å². The van der Waals surface area contributed by atoms with Crippen LogP contribution in [-0.2, 0) is 10.2 Å². The van der Waals surface area contributed by atoms with Crippen LogP contribution in [0.25, 0.3) is 0 Å². The molecule has 0 bridgehead atoms. The molecule has 0 aromatic heterocycles. The Morgan fingerprint density at radius 1 is 0.814 bits per heavy atom. The number of likely N-dealkylation sites (tertiary alicyclic amines) is 2. The van der Waals surface area contributed by atoms with Gasteiger partial charge in [-0.15, -0.1) is 0 Å². The Morgan fingerprint density at radius 3 is 2.23 bits per heavy atom. The first kappa shape index (κ1) is 31.9. The molecule has 8 nitrogen and oxygen atoms in total. The summed E-state index contributed by atoms with van der Waals surface area (Å²) < 4.78 is 10.9. The van der Waals surface area contributed by atoms with E-state index < -0.39 is 0 Å². The summed E-state index contributed by atoms with van der Waals surface area (Å²) in [6, 6.07) is 11.3. The average Bonchev–Trinajstić information content (AvgIpc) is 3.58. The number of piperidine rings is 1. The Hall–Kier alpha value is -2.52. The molecule has 0 saturated carbocycles. The lowest BCUT2D eigenvalue weighted by Gasteiger charge is -2.44. The van der Waals surface area contributed by atoms with E-state index in [-0.39, 0.29) is 17.2 Å². The number of benzene rings is 2. The van der Waals surface area contributed by atoms with Gasteiger partial charge in [0.15, 0.2) is 0 Å². The first-order valence-corrected chi connectivity index (χ1v) is 16.3. The lowest BCUT2D eigenvalue weighted by molar-refractivity contribution is -0.131. The van der Waals surface area contributed by atoms with E-state index in [1.807, 2.05) is 21.9 Å². The van der Waals surface area contributed by atoms with Gasteiger partial charge in [0, 0.05) is 63.8 Å². The summed E-state index contributed by atoms with van der Waals surface area (Å²) in [6.07, 6.45) is 6.06. The smallest absolute Gasteiger partial charge is 0.257 e. The number of halogens is 2. The maximum atomic E-state index is 13.8. The molecule has 3 saturated heterocycles. The van der Waals surface area contributed by atoms with Crippen molar-refractivity contribution in [1.29, 1.82) is 0 Å². The summed E-state index contributed by atoms with van der Waals surface area (Å²) in [4.78, 5) is 35.2. The quantitative estimate of drug-likeness (QED) is 0.359. The van der Waals surface area contributed by atoms with Crippen molar-refractivity contribution in [3.63, 3.8) is 0 Å². The first-order chi connectivity index (χ1) is 20.8. The second-order valence-corrected chi connectivity index (χ2v) is 12.9. The summed E-state index contributed by atoms with van der Waals surface area (Å²) in [5, 5.41) is 1.08. The standard InChI is InChI=1S/C33H44Cl2N4O4/c1-42-26-8-9-27(30(22-26)43-2)32(41)39-16-6-12-33(24-39,25-7-10-28(34)29(35)21-25)11-5-13-36-17-19-37(20-18-36)23-31(40)38-14-3-4-15-38/h7-10,21-22H,3-6,11-20,23-24H2,1-2H3. The van der Waals surface area contributed by atoms with E-state index in [9.17, 15) is 9.59 Å². The maximum absolute atomic E-state index is 13.8. The van der Waals surface area contributed by atoms with Gasteiger partial charge in [-0.25, -0.2) is 0 Å². The number of amides is 2. The van der Waals surface area contributed by atoms with Gasteiger partial charge < -0.3 is 24.2 Å². The zero-order chi connectivity index (χ0) is 30.4. The number of hydrogen-bond acceptors (Lipinski definition) is 6. The van der Waals surface area contributed by atoms with Crippen LogP contribution in [-0.4, -0.2) is 111 Å². The second-order valence-electron chi connectivity index (χ2n) is 12.1. The number of nitrogens with zero attached hydrogens (tertiary/aromatic N) is 4. The minimum atomic E-state index is -0.230. The molecule has 234 valence electrons. The maximum Gasteiger partial charge on any atom is 0.257 e. The number of carbonyl (C=O) groups excluding carboxylic acids is 2. The van der Waals surface area contributed by atoms with E-state index in [0.29, 0.717) is 46.7 Å². The fraction of sp³-hybridized carbons (Fsp3) is 0.576. The fourth-order valence-electron chi connectivity index (χ4n) is 6.93. The lowest BCUT2D eigenvalue weighted by Crippen LogP contribution is -2.50. The number of piperazine rings is 1. The minimum Gasteiger partial charge on any atom is -0.497 e. The van der Waals surface area contributed by atoms with E-state index in [1.165, 1.54) is 0 Å².